The number of hydrogen-bond acceptors (Lipinski definition) is 3. The van der Waals surface area contributed by atoms with Gasteiger partial charge in [-0.25, -0.2) is 4.79 Å². The number of benzene rings is 1. The van der Waals surface area contributed by atoms with Crippen LogP contribution < -0.4 is 0 Å². The number of carbonyl (C=O) groups is 1. The molecule has 0 radical (unpaired) electrons. The Morgan fingerprint density at radius 3 is 2.70 bits per heavy atom. The molecule has 3 nitrogen and oxygen atoms in total. The summed E-state index contributed by atoms with van der Waals surface area (Å²) in [5.41, 5.74) is 2.16. The Labute approximate surface area is 139 Å². The molecule has 3 heteroatoms. The van der Waals surface area contributed by atoms with E-state index in [2.05, 4.69) is 17.9 Å². The molecule has 0 aliphatic heterocycles. The standard InChI is InChI=1S/C20H26O3/c1-4-6-7-9-12-17(3)15-19(20(21)22-5-2)23-16-18-13-10-8-11-14-18/h8,10-14,19H,5,7,9,15-16H2,1-3H3. The number of unbranched alkanes of at least 4 members (excludes halogenated alkanes) is 1. The van der Waals surface area contributed by atoms with E-state index in [0.717, 1.165) is 24.0 Å². The molecule has 0 bridgehead atoms. The van der Waals surface area contributed by atoms with E-state index in [4.69, 9.17) is 9.47 Å². The SMILES string of the molecule is CC#CCCC=C(C)CC(OCc1ccccc1)C(=O)OCC. The fourth-order valence-electron chi connectivity index (χ4n) is 2.11. The van der Waals surface area contributed by atoms with Crippen LogP contribution in [0.5, 0.6) is 0 Å². The third kappa shape index (κ3) is 8.23. The Balaban J connectivity index is 2.60. The van der Waals surface area contributed by atoms with Gasteiger partial charge in [-0.1, -0.05) is 42.0 Å². The van der Waals surface area contributed by atoms with E-state index in [1.807, 2.05) is 44.2 Å². The smallest absolute Gasteiger partial charge is 0.335 e. The molecule has 0 spiro atoms. The molecule has 0 saturated heterocycles. The third-order valence-electron chi connectivity index (χ3n) is 3.29. The van der Waals surface area contributed by atoms with Gasteiger partial charge in [0.2, 0.25) is 0 Å². The molecule has 0 fully saturated rings. The molecule has 1 atom stereocenters. The van der Waals surface area contributed by atoms with Gasteiger partial charge < -0.3 is 9.47 Å². The average molecular weight is 314 g/mol. The molecule has 1 unspecified atom stereocenters. The van der Waals surface area contributed by atoms with Crippen LogP contribution >= 0.6 is 0 Å². The van der Waals surface area contributed by atoms with E-state index in [0.29, 0.717) is 19.6 Å². The van der Waals surface area contributed by atoms with E-state index >= 15 is 0 Å². The zero-order chi connectivity index (χ0) is 16.9. The monoisotopic (exact) mass is 314 g/mol. The van der Waals surface area contributed by atoms with Crippen molar-refractivity contribution in [2.45, 2.75) is 52.7 Å². The summed E-state index contributed by atoms with van der Waals surface area (Å²) in [7, 11) is 0. The minimum Gasteiger partial charge on any atom is -0.464 e. The van der Waals surface area contributed by atoms with E-state index in [-0.39, 0.29) is 5.97 Å². The maximum Gasteiger partial charge on any atom is 0.335 e. The number of ether oxygens (including phenoxy) is 2. The molecule has 0 amide bonds. The molecule has 1 aromatic carbocycles. The van der Waals surface area contributed by atoms with Crippen molar-refractivity contribution in [2.24, 2.45) is 0 Å². The van der Waals surface area contributed by atoms with E-state index in [1.165, 1.54) is 0 Å². The summed E-state index contributed by atoms with van der Waals surface area (Å²) in [6.45, 7) is 6.41. The van der Waals surface area contributed by atoms with Gasteiger partial charge in [0.25, 0.3) is 0 Å². The second-order valence-corrected chi connectivity index (χ2v) is 5.26. The molecular weight excluding hydrogens is 288 g/mol. The maximum absolute atomic E-state index is 12.1. The lowest BCUT2D eigenvalue weighted by atomic mass is 10.1. The van der Waals surface area contributed by atoms with Crippen LogP contribution in [-0.2, 0) is 20.9 Å². The van der Waals surface area contributed by atoms with Crippen LogP contribution in [0, 0.1) is 11.8 Å². The number of allylic oxidation sites excluding steroid dienone is 1. The molecular formula is C20H26O3. The lowest BCUT2D eigenvalue weighted by Crippen LogP contribution is -2.27. The zero-order valence-corrected chi connectivity index (χ0v) is 14.3. The Kier molecular flexibility index (Phi) is 9.51. The molecule has 0 saturated carbocycles. The first-order valence-corrected chi connectivity index (χ1v) is 8.04. The number of carbonyl (C=O) groups excluding carboxylic acids is 1. The minimum atomic E-state index is -0.566. The Bertz CT molecular complexity index is 549. The van der Waals surface area contributed by atoms with E-state index in [9.17, 15) is 4.79 Å². The van der Waals surface area contributed by atoms with Crippen molar-refractivity contribution in [3.05, 3.63) is 47.5 Å². The van der Waals surface area contributed by atoms with Crippen molar-refractivity contribution in [3.8, 4) is 11.8 Å². The molecule has 0 aliphatic rings. The maximum atomic E-state index is 12.1. The second kappa shape index (κ2) is 11.5. The fourth-order valence-corrected chi connectivity index (χ4v) is 2.11. The first-order valence-electron chi connectivity index (χ1n) is 8.04. The van der Waals surface area contributed by atoms with Gasteiger partial charge >= 0.3 is 5.97 Å². The molecule has 0 aromatic heterocycles. The fraction of sp³-hybridized carbons (Fsp3) is 0.450. The summed E-state index contributed by atoms with van der Waals surface area (Å²) >= 11 is 0. The third-order valence-corrected chi connectivity index (χ3v) is 3.29. The van der Waals surface area contributed by atoms with Crippen molar-refractivity contribution in [1.82, 2.24) is 0 Å². The molecule has 1 aromatic rings. The zero-order valence-electron chi connectivity index (χ0n) is 14.3. The van der Waals surface area contributed by atoms with Gasteiger partial charge in [0, 0.05) is 12.8 Å². The summed E-state index contributed by atoms with van der Waals surface area (Å²) < 4.78 is 10.9. The summed E-state index contributed by atoms with van der Waals surface area (Å²) in [5.74, 6) is 5.61. The Morgan fingerprint density at radius 1 is 1.30 bits per heavy atom. The summed E-state index contributed by atoms with van der Waals surface area (Å²) in [5, 5.41) is 0. The quantitative estimate of drug-likeness (QED) is 0.295. The lowest BCUT2D eigenvalue weighted by molar-refractivity contribution is -0.157. The molecule has 0 heterocycles. The Morgan fingerprint density at radius 2 is 2.04 bits per heavy atom. The van der Waals surface area contributed by atoms with Crippen molar-refractivity contribution in [2.75, 3.05) is 6.61 Å². The van der Waals surface area contributed by atoms with Crippen LogP contribution in [0.3, 0.4) is 0 Å². The molecule has 23 heavy (non-hydrogen) atoms. The van der Waals surface area contributed by atoms with Crippen LogP contribution in [0.1, 0.15) is 45.6 Å². The highest BCUT2D eigenvalue weighted by Gasteiger charge is 2.21. The average Bonchev–Trinajstić information content (AvgIpc) is 2.56. The van der Waals surface area contributed by atoms with Gasteiger partial charge in [-0.2, -0.15) is 0 Å². The van der Waals surface area contributed by atoms with Gasteiger partial charge in [0.05, 0.1) is 13.2 Å². The van der Waals surface area contributed by atoms with Crippen LogP contribution in [0.2, 0.25) is 0 Å². The number of rotatable bonds is 9. The number of hydrogen-bond donors (Lipinski definition) is 0. The van der Waals surface area contributed by atoms with Crippen molar-refractivity contribution in [3.63, 3.8) is 0 Å². The normalized spacial score (nSPS) is 12.2. The van der Waals surface area contributed by atoms with E-state index in [1.54, 1.807) is 6.92 Å². The topological polar surface area (TPSA) is 35.5 Å². The summed E-state index contributed by atoms with van der Waals surface area (Å²) in [6, 6.07) is 9.83. The van der Waals surface area contributed by atoms with Gasteiger partial charge in [0.15, 0.2) is 6.10 Å². The van der Waals surface area contributed by atoms with Crippen LogP contribution in [0.25, 0.3) is 0 Å². The highest BCUT2D eigenvalue weighted by Crippen LogP contribution is 2.14. The first kappa shape index (κ1) is 19.0. The van der Waals surface area contributed by atoms with Gasteiger partial charge in [-0.3, -0.25) is 0 Å². The van der Waals surface area contributed by atoms with Crippen LogP contribution in [-0.4, -0.2) is 18.7 Å². The first-order chi connectivity index (χ1) is 11.2. The van der Waals surface area contributed by atoms with Gasteiger partial charge in [-0.05, 0) is 32.8 Å². The minimum absolute atomic E-state index is 0.301. The van der Waals surface area contributed by atoms with Gasteiger partial charge in [0.1, 0.15) is 0 Å². The predicted molar refractivity (Wildman–Crippen MR) is 92.7 cm³/mol. The van der Waals surface area contributed by atoms with Crippen molar-refractivity contribution in [1.29, 1.82) is 0 Å². The molecule has 0 aliphatic carbocycles. The molecule has 124 valence electrons. The summed E-state index contributed by atoms with van der Waals surface area (Å²) in [6.07, 6.45) is 3.82. The van der Waals surface area contributed by atoms with Crippen LogP contribution in [0.4, 0.5) is 0 Å². The highest BCUT2D eigenvalue weighted by molar-refractivity contribution is 5.75. The largest absolute Gasteiger partial charge is 0.464 e. The van der Waals surface area contributed by atoms with Crippen LogP contribution in [0.15, 0.2) is 42.0 Å². The second-order valence-electron chi connectivity index (χ2n) is 5.26. The van der Waals surface area contributed by atoms with Crippen molar-refractivity contribution >= 4 is 5.97 Å². The Hall–Kier alpha value is -2.05. The predicted octanol–water partition coefficient (Wildman–Crippen LogP) is 4.27. The highest BCUT2D eigenvalue weighted by atomic mass is 16.6. The van der Waals surface area contributed by atoms with Gasteiger partial charge in [-0.15, -0.1) is 11.8 Å². The molecule has 1 rings (SSSR count). The lowest BCUT2D eigenvalue weighted by Gasteiger charge is -2.17. The van der Waals surface area contributed by atoms with E-state index < -0.39 is 6.10 Å². The number of esters is 1. The summed E-state index contributed by atoms with van der Waals surface area (Å²) in [4.78, 5) is 12.1. The molecule has 0 N–H and O–H groups in total. The van der Waals surface area contributed by atoms with Crippen molar-refractivity contribution < 1.29 is 14.3 Å².